The van der Waals surface area contributed by atoms with E-state index in [4.69, 9.17) is 9.52 Å². The van der Waals surface area contributed by atoms with Gasteiger partial charge in [0.05, 0.1) is 17.8 Å². The summed E-state index contributed by atoms with van der Waals surface area (Å²) in [5, 5.41) is 11.8. The van der Waals surface area contributed by atoms with Crippen LogP contribution >= 0.6 is 11.3 Å². The van der Waals surface area contributed by atoms with Crippen LogP contribution in [0.4, 0.5) is 0 Å². The van der Waals surface area contributed by atoms with E-state index in [1.807, 2.05) is 16.1 Å². The van der Waals surface area contributed by atoms with Crippen LogP contribution in [0.3, 0.4) is 0 Å². The Hall–Kier alpha value is -3.13. The van der Waals surface area contributed by atoms with Gasteiger partial charge < -0.3 is 9.73 Å². The summed E-state index contributed by atoms with van der Waals surface area (Å²) in [6.07, 6.45) is 2.38. The maximum absolute atomic E-state index is 12.4. The molecular weight excluding hydrogens is 388 g/mol. The maximum Gasteiger partial charge on any atom is 0.420 e. The molecule has 3 aromatic heterocycles. The van der Waals surface area contributed by atoms with Gasteiger partial charge in [-0.25, -0.2) is 4.79 Å². The molecule has 0 radical (unpaired) electrons. The molecule has 3 heterocycles. The van der Waals surface area contributed by atoms with Gasteiger partial charge in [-0.1, -0.05) is 12.1 Å². The molecule has 1 aliphatic rings. The van der Waals surface area contributed by atoms with Crippen LogP contribution in [0.25, 0.3) is 22.4 Å². The third-order valence-corrected chi connectivity index (χ3v) is 5.83. The molecule has 7 nitrogen and oxygen atoms in total. The SMILES string of the molecule is O=C(Cn1c(=O)oc2ccccc21)NCCn1nc(-c2ccsc2)cc1C1CC1. The van der Waals surface area contributed by atoms with Crippen molar-refractivity contribution < 1.29 is 9.21 Å². The average molecular weight is 408 g/mol. The van der Waals surface area contributed by atoms with Gasteiger partial charge >= 0.3 is 5.76 Å². The largest absolute Gasteiger partial charge is 0.420 e. The van der Waals surface area contributed by atoms with E-state index in [2.05, 4.69) is 22.8 Å². The minimum Gasteiger partial charge on any atom is -0.408 e. The van der Waals surface area contributed by atoms with Crippen molar-refractivity contribution in [1.29, 1.82) is 0 Å². The molecule has 0 unspecified atom stereocenters. The number of amides is 1. The second-order valence-corrected chi connectivity index (χ2v) is 8.02. The standard InChI is InChI=1S/C21H20N4O3S/c26-20(12-24-17-3-1-2-4-19(17)28-21(24)27)22-8-9-25-18(14-5-6-14)11-16(23-25)15-7-10-29-13-15/h1-4,7,10-11,13-14H,5-6,8-9,12H2,(H,22,26). The molecule has 5 rings (SSSR count). The Kier molecular flexibility index (Phi) is 4.55. The Morgan fingerprint density at radius 1 is 1.28 bits per heavy atom. The summed E-state index contributed by atoms with van der Waals surface area (Å²) < 4.78 is 8.53. The van der Waals surface area contributed by atoms with Gasteiger partial charge in [0.25, 0.3) is 0 Å². The number of carbonyl (C=O) groups excluding carboxylic acids is 1. The first kappa shape index (κ1) is 17.9. The first-order chi connectivity index (χ1) is 14.2. The molecule has 1 amide bonds. The predicted molar refractivity (Wildman–Crippen MR) is 111 cm³/mol. The predicted octanol–water partition coefficient (Wildman–Crippen LogP) is 3.21. The summed E-state index contributed by atoms with van der Waals surface area (Å²) in [7, 11) is 0. The molecule has 1 fully saturated rings. The van der Waals surface area contributed by atoms with Crippen molar-refractivity contribution in [1.82, 2.24) is 19.7 Å². The molecule has 0 spiro atoms. The van der Waals surface area contributed by atoms with Crippen LogP contribution in [-0.4, -0.2) is 26.8 Å². The molecule has 148 valence electrons. The van der Waals surface area contributed by atoms with Gasteiger partial charge in [-0.3, -0.25) is 14.0 Å². The molecule has 0 bridgehead atoms. The number of hydrogen-bond donors (Lipinski definition) is 1. The van der Waals surface area contributed by atoms with Crippen molar-refractivity contribution in [3.63, 3.8) is 0 Å². The van der Waals surface area contributed by atoms with E-state index in [0.29, 0.717) is 30.1 Å². The first-order valence-corrected chi connectivity index (χ1v) is 10.6. The van der Waals surface area contributed by atoms with Crippen LogP contribution in [0.15, 0.2) is 56.4 Å². The molecule has 0 saturated heterocycles. The smallest absolute Gasteiger partial charge is 0.408 e. The molecule has 1 aliphatic carbocycles. The van der Waals surface area contributed by atoms with Crippen LogP contribution in [0, 0.1) is 0 Å². The Labute approximate surface area is 170 Å². The summed E-state index contributed by atoms with van der Waals surface area (Å²) in [5.41, 5.74) is 4.45. The molecule has 1 aromatic carbocycles. The first-order valence-electron chi connectivity index (χ1n) is 9.64. The number of rotatable bonds is 7. The van der Waals surface area contributed by atoms with Crippen molar-refractivity contribution in [3.05, 3.63) is 63.4 Å². The molecule has 1 N–H and O–H groups in total. The van der Waals surface area contributed by atoms with E-state index in [9.17, 15) is 9.59 Å². The highest BCUT2D eigenvalue weighted by molar-refractivity contribution is 7.08. The van der Waals surface area contributed by atoms with Gasteiger partial charge in [-0.15, -0.1) is 0 Å². The number of oxazole rings is 1. The molecular formula is C21H20N4O3S. The number of hydrogen-bond acceptors (Lipinski definition) is 5. The quantitative estimate of drug-likeness (QED) is 0.509. The topological polar surface area (TPSA) is 82.1 Å². The van der Waals surface area contributed by atoms with E-state index in [1.165, 1.54) is 23.1 Å². The van der Waals surface area contributed by atoms with E-state index >= 15 is 0 Å². The molecule has 0 atom stereocenters. The van der Waals surface area contributed by atoms with E-state index < -0.39 is 5.76 Å². The summed E-state index contributed by atoms with van der Waals surface area (Å²) in [6, 6.07) is 11.3. The van der Waals surface area contributed by atoms with Crippen LogP contribution in [0.2, 0.25) is 0 Å². The lowest BCUT2D eigenvalue weighted by atomic mass is 10.2. The summed E-state index contributed by atoms with van der Waals surface area (Å²) in [6.45, 7) is 0.987. The average Bonchev–Trinajstić information content (AvgIpc) is 3.13. The lowest BCUT2D eigenvalue weighted by molar-refractivity contribution is -0.121. The Morgan fingerprint density at radius 2 is 2.14 bits per heavy atom. The van der Waals surface area contributed by atoms with E-state index in [-0.39, 0.29) is 12.5 Å². The van der Waals surface area contributed by atoms with Crippen molar-refractivity contribution in [3.8, 4) is 11.3 Å². The summed E-state index contributed by atoms with van der Waals surface area (Å²) in [4.78, 5) is 24.4. The third-order valence-electron chi connectivity index (χ3n) is 5.14. The highest BCUT2D eigenvalue weighted by Crippen LogP contribution is 2.41. The number of aromatic nitrogens is 3. The second kappa shape index (κ2) is 7.36. The summed E-state index contributed by atoms with van der Waals surface area (Å²) >= 11 is 1.66. The van der Waals surface area contributed by atoms with Gasteiger partial charge in [0.15, 0.2) is 5.58 Å². The van der Waals surface area contributed by atoms with Crippen LogP contribution in [0.1, 0.15) is 24.5 Å². The zero-order valence-electron chi connectivity index (χ0n) is 15.7. The number of nitrogens with zero attached hydrogens (tertiary/aromatic N) is 3. The van der Waals surface area contributed by atoms with Gasteiger partial charge in [0.1, 0.15) is 6.54 Å². The van der Waals surface area contributed by atoms with Gasteiger partial charge in [0.2, 0.25) is 5.91 Å². The number of para-hydroxylation sites is 2. The maximum atomic E-state index is 12.4. The second-order valence-electron chi connectivity index (χ2n) is 7.24. The number of fused-ring (bicyclic) bond motifs is 1. The fourth-order valence-corrected chi connectivity index (χ4v) is 4.18. The normalized spacial score (nSPS) is 13.8. The molecule has 1 saturated carbocycles. The van der Waals surface area contributed by atoms with E-state index in [0.717, 1.165) is 11.3 Å². The van der Waals surface area contributed by atoms with Crippen molar-refractivity contribution in [2.75, 3.05) is 6.54 Å². The lowest BCUT2D eigenvalue weighted by Crippen LogP contribution is -2.33. The number of nitrogens with one attached hydrogen (secondary N) is 1. The van der Waals surface area contributed by atoms with Crippen molar-refractivity contribution in [2.24, 2.45) is 0 Å². The number of thiophene rings is 1. The van der Waals surface area contributed by atoms with E-state index in [1.54, 1.807) is 29.5 Å². The fraction of sp³-hybridized carbons (Fsp3) is 0.286. The Bertz CT molecular complexity index is 1210. The molecule has 4 aromatic rings. The van der Waals surface area contributed by atoms with Crippen LogP contribution in [-0.2, 0) is 17.9 Å². The minimum absolute atomic E-state index is 0.0649. The zero-order valence-corrected chi connectivity index (χ0v) is 16.5. The van der Waals surface area contributed by atoms with Crippen molar-refractivity contribution >= 4 is 28.3 Å². The van der Waals surface area contributed by atoms with Crippen molar-refractivity contribution in [2.45, 2.75) is 31.8 Å². The lowest BCUT2D eigenvalue weighted by Gasteiger charge is -2.08. The minimum atomic E-state index is -0.523. The van der Waals surface area contributed by atoms with Gasteiger partial charge in [-0.05, 0) is 42.5 Å². The monoisotopic (exact) mass is 408 g/mol. The Morgan fingerprint density at radius 3 is 2.93 bits per heavy atom. The highest BCUT2D eigenvalue weighted by atomic mass is 32.1. The molecule has 29 heavy (non-hydrogen) atoms. The molecule has 0 aliphatic heterocycles. The Balaban J connectivity index is 1.25. The zero-order chi connectivity index (χ0) is 19.8. The molecule has 8 heteroatoms. The third kappa shape index (κ3) is 3.63. The van der Waals surface area contributed by atoms with Crippen LogP contribution < -0.4 is 11.1 Å². The highest BCUT2D eigenvalue weighted by Gasteiger charge is 2.28. The number of benzene rings is 1. The number of carbonyl (C=O) groups is 1. The fourth-order valence-electron chi connectivity index (χ4n) is 3.53. The van der Waals surface area contributed by atoms with Gasteiger partial charge in [-0.2, -0.15) is 16.4 Å². The van der Waals surface area contributed by atoms with Gasteiger partial charge in [0, 0.05) is 29.1 Å². The van der Waals surface area contributed by atoms with Crippen LogP contribution in [0.5, 0.6) is 0 Å². The summed E-state index contributed by atoms with van der Waals surface area (Å²) in [5.74, 6) is -0.178.